The molecule has 0 spiro atoms. The number of hydrogen-bond donors (Lipinski definition) is 1. The summed E-state index contributed by atoms with van der Waals surface area (Å²) in [6, 6.07) is 19.8. The van der Waals surface area contributed by atoms with Crippen molar-refractivity contribution in [3.63, 3.8) is 0 Å². The topological polar surface area (TPSA) is 66.5 Å². The first-order valence-electron chi connectivity index (χ1n) is 10.2. The van der Waals surface area contributed by atoms with Gasteiger partial charge in [0.1, 0.15) is 5.78 Å². The summed E-state index contributed by atoms with van der Waals surface area (Å²) < 4.78 is 0. The van der Waals surface area contributed by atoms with Gasteiger partial charge in [0, 0.05) is 32.0 Å². The van der Waals surface area contributed by atoms with E-state index in [1.807, 2.05) is 65.6 Å². The van der Waals surface area contributed by atoms with Gasteiger partial charge in [-0.05, 0) is 30.9 Å². The largest absolute Gasteiger partial charge is 0.353 e. The summed E-state index contributed by atoms with van der Waals surface area (Å²) in [7, 11) is 0. The van der Waals surface area contributed by atoms with Gasteiger partial charge in [-0.25, -0.2) is 0 Å². The monoisotopic (exact) mass is 392 g/mol. The molecule has 1 saturated heterocycles. The van der Waals surface area contributed by atoms with Gasteiger partial charge in [-0.2, -0.15) is 0 Å². The number of hydrogen-bond acceptors (Lipinski definition) is 3. The van der Waals surface area contributed by atoms with E-state index in [1.54, 1.807) is 0 Å². The van der Waals surface area contributed by atoms with E-state index < -0.39 is 0 Å². The Bertz CT molecular complexity index is 788. The predicted molar refractivity (Wildman–Crippen MR) is 112 cm³/mol. The number of carbonyl (C=O) groups is 3. The minimum Gasteiger partial charge on any atom is -0.353 e. The molecule has 1 N–H and O–H groups in total. The molecule has 1 aliphatic heterocycles. The van der Waals surface area contributed by atoms with E-state index in [1.165, 1.54) is 6.92 Å². The fraction of sp³-hybridized carbons (Fsp3) is 0.375. The molecule has 0 bridgehead atoms. The van der Waals surface area contributed by atoms with Crippen molar-refractivity contribution in [2.45, 2.75) is 44.6 Å². The smallest absolute Gasteiger partial charge is 0.234 e. The van der Waals surface area contributed by atoms with E-state index >= 15 is 0 Å². The van der Waals surface area contributed by atoms with Crippen molar-refractivity contribution in [3.05, 3.63) is 71.8 Å². The van der Waals surface area contributed by atoms with Crippen LogP contribution in [0.25, 0.3) is 0 Å². The maximum atomic E-state index is 13.4. The van der Waals surface area contributed by atoms with Crippen LogP contribution < -0.4 is 5.32 Å². The molecule has 2 aromatic carbocycles. The van der Waals surface area contributed by atoms with Crippen molar-refractivity contribution in [2.24, 2.45) is 0 Å². The molecule has 29 heavy (non-hydrogen) atoms. The van der Waals surface area contributed by atoms with Crippen LogP contribution in [0.2, 0.25) is 0 Å². The summed E-state index contributed by atoms with van der Waals surface area (Å²) in [6.07, 6.45) is 1.97. The van der Waals surface area contributed by atoms with Crippen molar-refractivity contribution < 1.29 is 14.4 Å². The summed E-state index contributed by atoms with van der Waals surface area (Å²) >= 11 is 0. The predicted octanol–water partition coefficient (Wildman–Crippen LogP) is 3.29. The maximum absolute atomic E-state index is 13.4. The lowest BCUT2D eigenvalue weighted by Crippen LogP contribution is -2.47. The molecular formula is C24H28N2O3. The van der Waals surface area contributed by atoms with E-state index in [0.29, 0.717) is 13.1 Å². The third-order valence-electron chi connectivity index (χ3n) is 5.39. The van der Waals surface area contributed by atoms with Gasteiger partial charge in [-0.1, -0.05) is 60.7 Å². The van der Waals surface area contributed by atoms with E-state index in [-0.39, 0.29) is 42.4 Å². The van der Waals surface area contributed by atoms with E-state index in [2.05, 4.69) is 5.32 Å². The second kappa shape index (κ2) is 10.0. The van der Waals surface area contributed by atoms with Crippen LogP contribution >= 0.6 is 0 Å². The second-order valence-electron chi connectivity index (χ2n) is 7.62. The molecule has 3 rings (SSSR count). The highest BCUT2D eigenvalue weighted by Crippen LogP contribution is 2.28. The Kier molecular flexibility index (Phi) is 7.17. The number of carbonyl (C=O) groups excluding carboxylic acids is 3. The zero-order valence-corrected chi connectivity index (χ0v) is 16.8. The Morgan fingerprint density at radius 1 is 0.897 bits per heavy atom. The van der Waals surface area contributed by atoms with E-state index in [9.17, 15) is 14.4 Å². The Morgan fingerprint density at radius 2 is 1.41 bits per heavy atom. The van der Waals surface area contributed by atoms with Gasteiger partial charge in [0.05, 0.1) is 5.92 Å². The Labute approximate surface area is 172 Å². The average Bonchev–Trinajstić information content (AvgIpc) is 2.74. The third-order valence-corrected chi connectivity index (χ3v) is 5.39. The van der Waals surface area contributed by atoms with Crippen LogP contribution in [-0.4, -0.2) is 41.6 Å². The normalized spacial score (nSPS) is 14.6. The number of Topliss-reactive ketones (excluding diaryl/α,β-unsaturated/α-hetero) is 1. The highest BCUT2D eigenvalue weighted by molar-refractivity contribution is 5.87. The zero-order chi connectivity index (χ0) is 20.6. The van der Waals surface area contributed by atoms with Gasteiger partial charge in [-0.3, -0.25) is 9.59 Å². The SMILES string of the molecule is CC(=O)CCC(=O)NC1CCN(C(=O)C(c2ccccc2)c2ccccc2)CC1. The van der Waals surface area contributed by atoms with Crippen molar-refractivity contribution in [1.82, 2.24) is 10.2 Å². The number of likely N-dealkylation sites (tertiary alicyclic amines) is 1. The van der Waals surface area contributed by atoms with E-state index in [4.69, 9.17) is 0 Å². The molecule has 0 aliphatic carbocycles. The zero-order valence-electron chi connectivity index (χ0n) is 16.8. The van der Waals surface area contributed by atoms with Crippen LogP contribution in [-0.2, 0) is 14.4 Å². The van der Waals surface area contributed by atoms with Gasteiger partial charge in [0.25, 0.3) is 0 Å². The van der Waals surface area contributed by atoms with Crippen LogP contribution in [0.3, 0.4) is 0 Å². The summed E-state index contributed by atoms with van der Waals surface area (Å²) in [4.78, 5) is 38.3. The molecule has 0 saturated carbocycles. The quantitative estimate of drug-likeness (QED) is 0.786. The molecule has 0 aromatic heterocycles. The number of piperidine rings is 1. The van der Waals surface area contributed by atoms with Crippen molar-refractivity contribution in [2.75, 3.05) is 13.1 Å². The number of nitrogens with zero attached hydrogens (tertiary/aromatic N) is 1. The second-order valence-corrected chi connectivity index (χ2v) is 7.62. The molecule has 5 heteroatoms. The minimum atomic E-state index is -0.320. The summed E-state index contributed by atoms with van der Waals surface area (Å²) in [5.41, 5.74) is 1.98. The van der Waals surface area contributed by atoms with Crippen LogP contribution in [0.4, 0.5) is 0 Å². The first-order chi connectivity index (χ1) is 14.0. The first kappa shape index (κ1) is 20.8. The molecule has 0 unspecified atom stereocenters. The lowest BCUT2D eigenvalue weighted by molar-refractivity contribution is -0.133. The van der Waals surface area contributed by atoms with Crippen LogP contribution in [0.5, 0.6) is 0 Å². The summed E-state index contributed by atoms with van der Waals surface area (Å²) in [5.74, 6) is -0.285. The number of amides is 2. The van der Waals surface area contributed by atoms with Crippen molar-refractivity contribution in [3.8, 4) is 0 Å². The lowest BCUT2D eigenvalue weighted by atomic mass is 9.89. The van der Waals surface area contributed by atoms with Gasteiger partial charge in [-0.15, -0.1) is 0 Å². The molecule has 152 valence electrons. The highest BCUT2D eigenvalue weighted by atomic mass is 16.2. The number of ketones is 1. The Morgan fingerprint density at radius 3 is 1.90 bits per heavy atom. The van der Waals surface area contributed by atoms with Crippen LogP contribution in [0.1, 0.15) is 49.7 Å². The Hall–Kier alpha value is -2.95. The van der Waals surface area contributed by atoms with Crippen LogP contribution in [0.15, 0.2) is 60.7 Å². The maximum Gasteiger partial charge on any atom is 0.234 e. The fourth-order valence-electron chi connectivity index (χ4n) is 3.78. The lowest BCUT2D eigenvalue weighted by Gasteiger charge is -2.35. The summed E-state index contributed by atoms with van der Waals surface area (Å²) in [5, 5.41) is 3.00. The molecule has 1 heterocycles. The number of benzene rings is 2. The van der Waals surface area contributed by atoms with Crippen LogP contribution in [0, 0.1) is 0 Å². The molecule has 0 atom stereocenters. The molecule has 1 aliphatic rings. The molecule has 0 radical (unpaired) electrons. The number of rotatable bonds is 7. The van der Waals surface area contributed by atoms with Gasteiger partial charge >= 0.3 is 0 Å². The third kappa shape index (κ3) is 5.76. The van der Waals surface area contributed by atoms with Gasteiger partial charge in [0.15, 0.2) is 0 Å². The average molecular weight is 392 g/mol. The summed E-state index contributed by atoms with van der Waals surface area (Å²) in [6.45, 7) is 2.73. The first-order valence-corrected chi connectivity index (χ1v) is 10.2. The highest BCUT2D eigenvalue weighted by Gasteiger charge is 2.30. The molecule has 1 fully saturated rings. The molecule has 2 aromatic rings. The molecule has 2 amide bonds. The van der Waals surface area contributed by atoms with Crippen molar-refractivity contribution in [1.29, 1.82) is 0 Å². The minimum absolute atomic E-state index is 0.0217. The van der Waals surface area contributed by atoms with Crippen molar-refractivity contribution >= 4 is 17.6 Å². The fourth-order valence-corrected chi connectivity index (χ4v) is 3.78. The van der Waals surface area contributed by atoms with Gasteiger partial charge in [0.2, 0.25) is 11.8 Å². The molecule has 5 nitrogen and oxygen atoms in total. The van der Waals surface area contributed by atoms with E-state index in [0.717, 1.165) is 24.0 Å². The van der Waals surface area contributed by atoms with Gasteiger partial charge < -0.3 is 15.0 Å². The molecular weight excluding hydrogens is 364 g/mol. The standard InChI is InChI=1S/C24H28N2O3/c1-18(27)12-13-22(28)25-21-14-16-26(17-15-21)24(29)23(19-8-4-2-5-9-19)20-10-6-3-7-11-20/h2-11,21,23H,12-17H2,1H3,(H,25,28). The Balaban J connectivity index is 1.63. The number of nitrogens with one attached hydrogen (secondary N) is 1.